The Morgan fingerprint density at radius 2 is 2.03 bits per heavy atom. The Labute approximate surface area is 170 Å². The Bertz CT molecular complexity index is 798. The molecule has 3 rings (SSSR count). The zero-order valence-corrected chi connectivity index (χ0v) is 16.4. The predicted molar refractivity (Wildman–Crippen MR) is 110 cm³/mol. The molecule has 0 saturated carbocycles. The number of nitrogens with zero attached hydrogens (tertiary/aromatic N) is 1. The minimum Gasteiger partial charge on any atom is -0.489 e. The van der Waals surface area contributed by atoms with E-state index in [1.165, 1.54) is 12.1 Å². The molecule has 0 bridgehead atoms. The maximum atomic E-state index is 13.3. The fourth-order valence-corrected chi connectivity index (χ4v) is 3.23. The lowest BCUT2D eigenvalue weighted by atomic mass is 10.1. The van der Waals surface area contributed by atoms with Crippen molar-refractivity contribution in [1.29, 1.82) is 0 Å². The lowest BCUT2D eigenvalue weighted by Crippen LogP contribution is -2.34. The molecule has 0 radical (unpaired) electrons. The molecular weight excluding hydrogens is 375 g/mol. The summed E-state index contributed by atoms with van der Waals surface area (Å²) in [5.74, 6) is -0.499. The second-order valence-corrected chi connectivity index (χ2v) is 6.93. The van der Waals surface area contributed by atoms with E-state index in [1.807, 2.05) is 12.1 Å². The Morgan fingerprint density at radius 3 is 2.83 bits per heavy atom. The van der Waals surface area contributed by atoms with Crippen LogP contribution in [0.3, 0.4) is 0 Å². The molecule has 0 atom stereocenters. The highest BCUT2D eigenvalue weighted by Gasteiger charge is 2.17. The maximum Gasteiger partial charge on any atom is 0.305 e. The summed E-state index contributed by atoms with van der Waals surface area (Å²) in [7, 11) is 0. The van der Waals surface area contributed by atoms with Crippen molar-refractivity contribution in [1.82, 2.24) is 0 Å². The number of fused-ring (bicyclic) bond motifs is 1. The topological polar surface area (TPSA) is 71.0 Å². The number of aliphatic carboxylic acids is 1. The highest BCUT2D eigenvalue weighted by Crippen LogP contribution is 2.32. The van der Waals surface area contributed by atoms with Gasteiger partial charge in [0.05, 0.1) is 31.9 Å². The monoisotopic (exact) mass is 402 g/mol. The molecule has 6 nitrogen and oxygen atoms in total. The van der Waals surface area contributed by atoms with E-state index in [2.05, 4.69) is 22.3 Å². The fourth-order valence-electron chi connectivity index (χ4n) is 3.23. The number of anilines is 2. The quantitative estimate of drug-likeness (QED) is 0.560. The first kappa shape index (κ1) is 20.9. The minimum absolute atomic E-state index is 0.0375. The number of carboxylic acids is 1. The zero-order valence-electron chi connectivity index (χ0n) is 16.4. The molecular formula is C22H27FN2O4. The van der Waals surface area contributed by atoms with Crippen molar-refractivity contribution in [2.75, 3.05) is 49.7 Å². The molecule has 7 heteroatoms. The van der Waals surface area contributed by atoms with Crippen LogP contribution in [0.5, 0.6) is 5.75 Å². The molecule has 1 aliphatic heterocycles. The Kier molecular flexibility index (Phi) is 7.69. The molecule has 0 spiro atoms. The number of carbonyl (C=O) groups is 1. The van der Waals surface area contributed by atoms with Crippen LogP contribution in [0, 0.1) is 5.82 Å². The predicted octanol–water partition coefficient (Wildman–Crippen LogP) is 3.56. The van der Waals surface area contributed by atoms with Crippen LogP contribution in [-0.2, 0) is 16.0 Å². The standard InChI is InChI=1S/C22H27FN2O4/c23-18-4-7-20-21(16-18)29-15-12-25(20)11-1-10-24-19-5-2-17(3-6-19)8-13-28-14-9-22(26)27/h2-7,16,24H,1,8-15H2,(H,26,27). The molecule has 0 saturated heterocycles. The molecule has 29 heavy (non-hydrogen) atoms. The first-order chi connectivity index (χ1) is 14.1. The average Bonchev–Trinajstić information content (AvgIpc) is 2.71. The number of nitrogens with one attached hydrogen (secondary N) is 1. The van der Waals surface area contributed by atoms with E-state index in [0.717, 1.165) is 49.4 Å². The summed E-state index contributed by atoms with van der Waals surface area (Å²) in [6, 6.07) is 12.9. The van der Waals surface area contributed by atoms with Crippen molar-refractivity contribution in [3.63, 3.8) is 0 Å². The Balaban J connectivity index is 1.35. The van der Waals surface area contributed by atoms with Gasteiger partial charge in [-0.15, -0.1) is 0 Å². The number of hydrogen-bond donors (Lipinski definition) is 2. The molecule has 1 aliphatic rings. The fraction of sp³-hybridized carbons (Fsp3) is 0.409. The summed E-state index contributed by atoms with van der Waals surface area (Å²) in [5.41, 5.74) is 3.17. The second kappa shape index (κ2) is 10.7. The number of halogens is 1. The van der Waals surface area contributed by atoms with Gasteiger partial charge in [0.15, 0.2) is 0 Å². The van der Waals surface area contributed by atoms with Crippen LogP contribution in [0.4, 0.5) is 15.8 Å². The highest BCUT2D eigenvalue weighted by molar-refractivity contribution is 5.66. The van der Waals surface area contributed by atoms with E-state index in [9.17, 15) is 9.18 Å². The third-order valence-corrected chi connectivity index (χ3v) is 4.76. The van der Waals surface area contributed by atoms with Gasteiger partial charge in [0, 0.05) is 24.8 Å². The van der Waals surface area contributed by atoms with E-state index in [1.54, 1.807) is 6.07 Å². The van der Waals surface area contributed by atoms with Crippen molar-refractivity contribution >= 4 is 17.3 Å². The Hall–Kier alpha value is -2.80. The van der Waals surface area contributed by atoms with Gasteiger partial charge in [0.2, 0.25) is 0 Å². The van der Waals surface area contributed by atoms with Crippen molar-refractivity contribution < 1.29 is 23.8 Å². The van der Waals surface area contributed by atoms with Crippen molar-refractivity contribution in [2.24, 2.45) is 0 Å². The first-order valence-corrected chi connectivity index (χ1v) is 9.91. The summed E-state index contributed by atoms with van der Waals surface area (Å²) in [6.45, 7) is 3.86. The molecule has 0 amide bonds. The van der Waals surface area contributed by atoms with Gasteiger partial charge in [0.1, 0.15) is 18.2 Å². The van der Waals surface area contributed by atoms with E-state index >= 15 is 0 Å². The molecule has 0 unspecified atom stereocenters. The molecule has 2 N–H and O–H groups in total. The number of hydrogen-bond acceptors (Lipinski definition) is 5. The van der Waals surface area contributed by atoms with E-state index in [-0.39, 0.29) is 18.8 Å². The van der Waals surface area contributed by atoms with Crippen LogP contribution in [0.2, 0.25) is 0 Å². The number of ether oxygens (including phenoxy) is 2. The van der Waals surface area contributed by atoms with Gasteiger partial charge in [-0.25, -0.2) is 4.39 Å². The largest absolute Gasteiger partial charge is 0.489 e. The van der Waals surface area contributed by atoms with E-state index < -0.39 is 5.97 Å². The molecule has 0 fully saturated rings. The van der Waals surface area contributed by atoms with Crippen molar-refractivity contribution in [2.45, 2.75) is 19.3 Å². The van der Waals surface area contributed by atoms with Gasteiger partial charge in [-0.3, -0.25) is 4.79 Å². The van der Waals surface area contributed by atoms with Crippen LogP contribution in [0.25, 0.3) is 0 Å². The molecule has 2 aromatic rings. The minimum atomic E-state index is -0.841. The van der Waals surface area contributed by atoms with Gasteiger partial charge in [-0.2, -0.15) is 0 Å². The SMILES string of the molecule is O=C(O)CCOCCc1ccc(NCCCN2CCOc3cc(F)ccc32)cc1. The summed E-state index contributed by atoms with van der Waals surface area (Å²) < 4.78 is 24.2. The van der Waals surface area contributed by atoms with Gasteiger partial charge in [0.25, 0.3) is 0 Å². The third kappa shape index (κ3) is 6.64. The third-order valence-electron chi connectivity index (χ3n) is 4.76. The lowest BCUT2D eigenvalue weighted by Gasteiger charge is -2.31. The van der Waals surface area contributed by atoms with Crippen LogP contribution in [-0.4, -0.2) is 50.5 Å². The summed E-state index contributed by atoms with van der Waals surface area (Å²) in [6.07, 6.45) is 1.75. The van der Waals surface area contributed by atoms with E-state index in [4.69, 9.17) is 14.6 Å². The first-order valence-electron chi connectivity index (χ1n) is 9.91. The number of carboxylic acid groups (broad SMARTS) is 1. The summed E-state index contributed by atoms with van der Waals surface area (Å²) >= 11 is 0. The van der Waals surface area contributed by atoms with Crippen LogP contribution < -0.4 is 15.0 Å². The Morgan fingerprint density at radius 1 is 1.21 bits per heavy atom. The van der Waals surface area contributed by atoms with Gasteiger partial charge >= 0.3 is 5.97 Å². The van der Waals surface area contributed by atoms with E-state index in [0.29, 0.717) is 19.0 Å². The van der Waals surface area contributed by atoms with Crippen LogP contribution in [0.15, 0.2) is 42.5 Å². The zero-order chi connectivity index (χ0) is 20.5. The maximum absolute atomic E-state index is 13.3. The smallest absolute Gasteiger partial charge is 0.305 e. The molecule has 156 valence electrons. The average molecular weight is 402 g/mol. The van der Waals surface area contributed by atoms with Crippen molar-refractivity contribution in [3.05, 3.63) is 53.8 Å². The summed E-state index contributed by atoms with van der Waals surface area (Å²) in [4.78, 5) is 12.7. The summed E-state index contributed by atoms with van der Waals surface area (Å²) in [5, 5.41) is 12.0. The number of benzene rings is 2. The number of rotatable bonds is 11. The lowest BCUT2D eigenvalue weighted by molar-refractivity contribution is -0.138. The molecule has 2 aromatic carbocycles. The van der Waals surface area contributed by atoms with Gasteiger partial charge in [-0.1, -0.05) is 12.1 Å². The normalized spacial score (nSPS) is 12.9. The molecule has 0 aromatic heterocycles. The van der Waals surface area contributed by atoms with Crippen LogP contribution in [0.1, 0.15) is 18.4 Å². The molecule has 1 heterocycles. The second-order valence-electron chi connectivity index (χ2n) is 6.93. The molecule has 0 aliphatic carbocycles. The van der Waals surface area contributed by atoms with Crippen molar-refractivity contribution in [3.8, 4) is 5.75 Å². The van der Waals surface area contributed by atoms with Gasteiger partial charge in [-0.05, 0) is 42.7 Å². The van der Waals surface area contributed by atoms with Gasteiger partial charge < -0.3 is 24.8 Å². The van der Waals surface area contributed by atoms with Crippen LogP contribution >= 0.6 is 0 Å². The highest BCUT2D eigenvalue weighted by atomic mass is 19.1.